The zero-order valence-corrected chi connectivity index (χ0v) is 11.0. The minimum Gasteiger partial charge on any atom is -0.306 e. The van der Waals surface area contributed by atoms with Crippen LogP contribution in [0.3, 0.4) is 0 Å². The smallest absolute Gasteiger partial charge is 0.306 e. The van der Waals surface area contributed by atoms with E-state index in [0.29, 0.717) is 6.54 Å². The first-order valence-corrected chi connectivity index (χ1v) is 6.26. The zero-order chi connectivity index (χ0) is 14.6. The minimum atomic E-state index is -4.28. The van der Waals surface area contributed by atoms with E-state index in [2.05, 4.69) is 10.3 Å². The third kappa shape index (κ3) is 3.81. The van der Waals surface area contributed by atoms with Crippen LogP contribution < -0.4 is 5.32 Å². The van der Waals surface area contributed by atoms with Gasteiger partial charge in [-0.25, -0.2) is 0 Å². The molecule has 1 heterocycles. The monoisotopic (exact) mass is 280 g/mol. The number of pyridine rings is 1. The number of halogens is 3. The molecular weight excluding hydrogens is 265 g/mol. The molecule has 0 saturated carbocycles. The molecule has 1 atom stereocenters. The average Bonchev–Trinajstić information content (AvgIpc) is 2.45. The Hall–Kier alpha value is -1.88. The third-order valence-corrected chi connectivity index (χ3v) is 3.10. The number of hydrogen-bond donors (Lipinski definition) is 1. The summed E-state index contributed by atoms with van der Waals surface area (Å²) in [5, 5.41) is 3.26. The Labute approximate surface area is 115 Å². The number of alkyl halides is 3. The van der Waals surface area contributed by atoms with Crippen molar-refractivity contribution >= 4 is 0 Å². The van der Waals surface area contributed by atoms with Gasteiger partial charge in [0.1, 0.15) is 0 Å². The Morgan fingerprint density at radius 2 is 1.65 bits per heavy atom. The van der Waals surface area contributed by atoms with Crippen LogP contribution in [0.4, 0.5) is 13.2 Å². The molecule has 2 rings (SSSR count). The van der Waals surface area contributed by atoms with Crippen molar-refractivity contribution in [2.24, 2.45) is 0 Å². The second-order valence-corrected chi connectivity index (χ2v) is 4.58. The molecule has 5 heteroatoms. The Balaban J connectivity index is 1.94. The zero-order valence-electron chi connectivity index (χ0n) is 11.0. The lowest BCUT2D eigenvalue weighted by Crippen LogP contribution is -2.18. The van der Waals surface area contributed by atoms with E-state index >= 15 is 0 Å². The quantitative estimate of drug-likeness (QED) is 0.917. The van der Waals surface area contributed by atoms with Gasteiger partial charge in [0.05, 0.1) is 5.56 Å². The molecule has 2 aromatic rings. The van der Waals surface area contributed by atoms with Crippen molar-refractivity contribution < 1.29 is 13.2 Å². The molecule has 0 aliphatic carbocycles. The highest BCUT2D eigenvalue weighted by molar-refractivity contribution is 5.24. The van der Waals surface area contributed by atoms with Gasteiger partial charge in [-0.15, -0.1) is 0 Å². The van der Waals surface area contributed by atoms with Gasteiger partial charge in [-0.05, 0) is 42.3 Å². The molecule has 0 radical (unpaired) electrons. The lowest BCUT2D eigenvalue weighted by Gasteiger charge is -2.14. The number of benzene rings is 1. The largest absolute Gasteiger partial charge is 0.416 e. The minimum absolute atomic E-state index is 0.111. The van der Waals surface area contributed by atoms with Crippen molar-refractivity contribution in [3.8, 4) is 0 Å². The molecule has 0 amide bonds. The average molecular weight is 280 g/mol. The summed E-state index contributed by atoms with van der Waals surface area (Å²) >= 11 is 0. The number of nitrogens with one attached hydrogen (secondary N) is 1. The molecule has 1 aromatic heterocycles. The molecule has 2 nitrogen and oxygen atoms in total. The van der Waals surface area contributed by atoms with Crippen molar-refractivity contribution in [3.05, 3.63) is 65.5 Å². The van der Waals surface area contributed by atoms with Gasteiger partial charge >= 0.3 is 6.18 Å². The number of hydrogen-bond acceptors (Lipinski definition) is 2. The van der Waals surface area contributed by atoms with E-state index in [4.69, 9.17) is 0 Å². The fourth-order valence-corrected chi connectivity index (χ4v) is 1.85. The van der Waals surface area contributed by atoms with E-state index < -0.39 is 11.7 Å². The molecule has 0 aliphatic rings. The maximum absolute atomic E-state index is 12.4. The lowest BCUT2D eigenvalue weighted by atomic mass is 10.1. The van der Waals surface area contributed by atoms with Crippen LogP contribution in [0.5, 0.6) is 0 Å². The van der Waals surface area contributed by atoms with E-state index in [-0.39, 0.29) is 6.04 Å². The molecule has 1 N–H and O–H groups in total. The van der Waals surface area contributed by atoms with Crippen molar-refractivity contribution in [1.82, 2.24) is 10.3 Å². The summed E-state index contributed by atoms with van der Waals surface area (Å²) in [5.74, 6) is 0. The summed E-state index contributed by atoms with van der Waals surface area (Å²) in [6.07, 6.45) is -0.854. The van der Waals surface area contributed by atoms with Crippen molar-refractivity contribution in [2.75, 3.05) is 0 Å². The van der Waals surface area contributed by atoms with Gasteiger partial charge in [0, 0.05) is 25.0 Å². The highest BCUT2D eigenvalue weighted by Crippen LogP contribution is 2.29. The standard InChI is InChI=1S/C15H15F3N2/c1-11(13-6-8-19-9-7-13)20-10-12-2-4-14(5-3-12)15(16,17)18/h2-9,11,20H,10H2,1H3/t11-/m1/s1. The summed E-state index contributed by atoms with van der Waals surface area (Å²) in [7, 11) is 0. The second kappa shape index (κ2) is 6.05. The first-order chi connectivity index (χ1) is 9.47. The Morgan fingerprint density at radius 3 is 2.20 bits per heavy atom. The molecule has 20 heavy (non-hydrogen) atoms. The van der Waals surface area contributed by atoms with Crippen molar-refractivity contribution in [3.63, 3.8) is 0 Å². The van der Waals surface area contributed by atoms with Crippen LogP contribution in [0.1, 0.15) is 29.7 Å². The topological polar surface area (TPSA) is 24.9 Å². The predicted octanol–water partition coefficient (Wildman–Crippen LogP) is 3.95. The van der Waals surface area contributed by atoms with E-state index in [0.717, 1.165) is 23.3 Å². The van der Waals surface area contributed by atoms with Crippen LogP contribution in [-0.4, -0.2) is 4.98 Å². The molecule has 0 aliphatic heterocycles. The van der Waals surface area contributed by atoms with Gasteiger partial charge in [-0.1, -0.05) is 12.1 Å². The van der Waals surface area contributed by atoms with Crippen molar-refractivity contribution in [2.45, 2.75) is 25.7 Å². The fourth-order valence-electron chi connectivity index (χ4n) is 1.85. The summed E-state index contributed by atoms with van der Waals surface area (Å²) in [6, 6.07) is 9.13. The molecular formula is C15H15F3N2. The molecule has 0 bridgehead atoms. The highest BCUT2D eigenvalue weighted by atomic mass is 19.4. The SMILES string of the molecule is C[C@@H](NCc1ccc(C(F)(F)F)cc1)c1ccncc1. The highest BCUT2D eigenvalue weighted by Gasteiger charge is 2.29. The molecule has 1 aromatic carbocycles. The van der Waals surface area contributed by atoms with E-state index in [9.17, 15) is 13.2 Å². The van der Waals surface area contributed by atoms with Crippen LogP contribution in [0.15, 0.2) is 48.8 Å². The van der Waals surface area contributed by atoms with Gasteiger partial charge in [0.15, 0.2) is 0 Å². The van der Waals surface area contributed by atoms with Gasteiger partial charge < -0.3 is 5.32 Å². The van der Waals surface area contributed by atoms with E-state index in [1.807, 2.05) is 19.1 Å². The van der Waals surface area contributed by atoms with Crippen LogP contribution in [-0.2, 0) is 12.7 Å². The number of aromatic nitrogens is 1. The third-order valence-electron chi connectivity index (χ3n) is 3.10. The van der Waals surface area contributed by atoms with Crippen molar-refractivity contribution in [1.29, 1.82) is 0 Å². The van der Waals surface area contributed by atoms with Gasteiger partial charge in [0.2, 0.25) is 0 Å². The van der Waals surface area contributed by atoms with E-state index in [1.165, 1.54) is 12.1 Å². The Morgan fingerprint density at radius 1 is 1.05 bits per heavy atom. The molecule has 106 valence electrons. The number of nitrogens with zero attached hydrogens (tertiary/aromatic N) is 1. The normalized spacial score (nSPS) is 13.2. The first kappa shape index (κ1) is 14.5. The molecule has 0 fully saturated rings. The first-order valence-electron chi connectivity index (χ1n) is 6.26. The molecule has 0 saturated heterocycles. The van der Waals surface area contributed by atoms with Crippen LogP contribution >= 0.6 is 0 Å². The summed E-state index contributed by atoms with van der Waals surface area (Å²) in [4.78, 5) is 3.94. The van der Waals surface area contributed by atoms with Gasteiger partial charge in [0.25, 0.3) is 0 Å². The Bertz CT molecular complexity index is 535. The lowest BCUT2D eigenvalue weighted by molar-refractivity contribution is -0.137. The Kier molecular flexibility index (Phi) is 4.39. The maximum Gasteiger partial charge on any atom is 0.416 e. The molecule has 0 unspecified atom stereocenters. The second-order valence-electron chi connectivity index (χ2n) is 4.58. The summed E-state index contributed by atoms with van der Waals surface area (Å²) < 4.78 is 37.3. The van der Waals surface area contributed by atoms with Gasteiger partial charge in [-0.3, -0.25) is 4.98 Å². The predicted molar refractivity (Wildman–Crippen MR) is 70.9 cm³/mol. The fraction of sp³-hybridized carbons (Fsp3) is 0.267. The summed E-state index contributed by atoms with van der Waals surface area (Å²) in [5.41, 5.74) is 1.29. The van der Waals surface area contributed by atoms with Crippen LogP contribution in [0.25, 0.3) is 0 Å². The number of rotatable bonds is 4. The maximum atomic E-state index is 12.4. The summed E-state index contributed by atoms with van der Waals surface area (Å²) in [6.45, 7) is 2.51. The van der Waals surface area contributed by atoms with Crippen LogP contribution in [0, 0.1) is 0 Å². The van der Waals surface area contributed by atoms with Crippen LogP contribution in [0.2, 0.25) is 0 Å². The van der Waals surface area contributed by atoms with E-state index in [1.54, 1.807) is 12.4 Å². The molecule has 0 spiro atoms. The van der Waals surface area contributed by atoms with Gasteiger partial charge in [-0.2, -0.15) is 13.2 Å².